The molecule has 5 nitrogen and oxygen atoms in total. The average Bonchev–Trinajstić information content (AvgIpc) is 2.81. The number of fused-ring (bicyclic) bond motifs is 1. The number of rotatable bonds is 4. The van der Waals surface area contributed by atoms with E-state index in [4.69, 9.17) is 9.47 Å². The van der Waals surface area contributed by atoms with Gasteiger partial charge in [0.15, 0.2) is 0 Å². The fourth-order valence-corrected chi connectivity index (χ4v) is 3.40. The third kappa shape index (κ3) is 3.40. The lowest BCUT2D eigenvalue weighted by Gasteiger charge is -2.30. The van der Waals surface area contributed by atoms with Gasteiger partial charge in [0, 0.05) is 58.3 Å². The summed E-state index contributed by atoms with van der Waals surface area (Å²) in [5.41, 5.74) is 0. The fourth-order valence-electron chi connectivity index (χ4n) is 3.40. The van der Waals surface area contributed by atoms with E-state index in [1.807, 2.05) is 6.20 Å². The number of methoxy groups -OCH3 is 1. The lowest BCUT2D eigenvalue weighted by atomic mass is 9.99. The Balaban J connectivity index is 1.66. The monoisotopic (exact) mass is 279 g/mol. The molecule has 20 heavy (non-hydrogen) atoms. The van der Waals surface area contributed by atoms with Gasteiger partial charge in [0.1, 0.15) is 5.82 Å². The zero-order valence-corrected chi connectivity index (χ0v) is 12.3. The molecule has 1 unspecified atom stereocenters. The lowest BCUT2D eigenvalue weighted by Crippen LogP contribution is -2.35. The van der Waals surface area contributed by atoms with Crippen LogP contribution >= 0.6 is 0 Å². The molecule has 0 aromatic carbocycles. The van der Waals surface area contributed by atoms with Gasteiger partial charge in [-0.1, -0.05) is 0 Å². The molecule has 0 bridgehead atoms. The number of imidazole rings is 1. The molecule has 3 rings (SSSR count). The summed E-state index contributed by atoms with van der Waals surface area (Å²) < 4.78 is 13.1. The van der Waals surface area contributed by atoms with Gasteiger partial charge >= 0.3 is 0 Å². The number of nitrogens with zero attached hydrogens (tertiary/aromatic N) is 3. The van der Waals surface area contributed by atoms with Gasteiger partial charge in [-0.15, -0.1) is 0 Å². The first-order valence-electron chi connectivity index (χ1n) is 7.64. The van der Waals surface area contributed by atoms with Gasteiger partial charge < -0.3 is 14.0 Å². The second kappa shape index (κ2) is 6.70. The fraction of sp³-hybridized carbons (Fsp3) is 0.800. The maximum atomic E-state index is 5.46. The van der Waals surface area contributed by atoms with Gasteiger partial charge in [0.2, 0.25) is 0 Å². The molecule has 3 heterocycles. The van der Waals surface area contributed by atoms with Crippen LogP contribution in [0, 0.1) is 11.8 Å². The highest BCUT2D eigenvalue weighted by Crippen LogP contribution is 2.21. The van der Waals surface area contributed by atoms with Crippen molar-refractivity contribution >= 4 is 0 Å². The maximum absolute atomic E-state index is 5.46. The minimum Gasteiger partial charge on any atom is -0.384 e. The van der Waals surface area contributed by atoms with Crippen LogP contribution in [0.1, 0.15) is 18.7 Å². The van der Waals surface area contributed by atoms with Gasteiger partial charge in [-0.2, -0.15) is 0 Å². The number of hydrogen-bond acceptors (Lipinski definition) is 4. The van der Waals surface area contributed by atoms with Crippen molar-refractivity contribution in [2.45, 2.75) is 25.9 Å². The van der Waals surface area contributed by atoms with Crippen LogP contribution in [0.25, 0.3) is 0 Å². The summed E-state index contributed by atoms with van der Waals surface area (Å²) in [5.74, 6) is 2.51. The molecule has 2 aliphatic heterocycles. The number of ether oxygens (including phenoxy) is 2. The van der Waals surface area contributed by atoms with E-state index in [2.05, 4.69) is 20.6 Å². The van der Waals surface area contributed by atoms with Crippen LogP contribution in [0.2, 0.25) is 0 Å². The highest BCUT2D eigenvalue weighted by Gasteiger charge is 2.25. The van der Waals surface area contributed by atoms with Gasteiger partial charge in [-0.05, 0) is 18.8 Å². The van der Waals surface area contributed by atoms with E-state index < -0.39 is 0 Å². The van der Waals surface area contributed by atoms with Gasteiger partial charge in [0.05, 0.1) is 13.2 Å². The zero-order valence-electron chi connectivity index (χ0n) is 12.3. The normalized spacial score (nSPS) is 25.4. The van der Waals surface area contributed by atoms with Gasteiger partial charge in [-0.25, -0.2) is 4.98 Å². The Kier molecular flexibility index (Phi) is 4.70. The highest BCUT2D eigenvalue weighted by atomic mass is 16.5. The molecule has 1 saturated heterocycles. The molecular formula is C15H25N3O2. The van der Waals surface area contributed by atoms with Crippen LogP contribution in [0.5, 0.6) is 0 Å². The predicted octanol–water partition coefficient (Wildman–Crippen LogP) is 1.39. The molecule has 0 N–H and O–H groups in total. The van der Waals surface area contributed by atoms with Crippen molar-refractivity contribution in [3.05, 3.63) is 18.2 Å². The van der Waals surface area contributed by atoms with Crippen molar-refractivity contribution < 1.29 is 9.47 Å². The second-order valence-corrected chi connectivity index (χ2v) is 6.07. The SMILES string of the molecule is COCC1CN(CC2CCOCC2)Cc2nccn2C1. The first-order chi connectivity index (χ1) is 9.85. The van der Waals surface area contributed by atoms with Gasteiger partial charge in [0.25, 0.3) is 0 Å². The Morgan fingerprint density at radius 2 is 2.15 bits per heavy atom. The molecule has 0 amide bonds. The Hall–Kier alpha value is -0.910. The molecule has 0 saturated carbocycles. The van der Waals surface area contributed by atoms with Crippen molar-refractivity contribution in [2.75, 3.05) is 40.0 Å². The molecule has 1 aromatic heterocycles. The minimum atomic E-state index is 0.551. The van der Waals surface area contributed by atoms with Crippen molar-refractivity contribution in [1.82, 2.24) is 14.5 Å². The van der Waals surface area contributed by atoms with E-state index in [1.165, 1.54) is 18.7 Å². The first-order valence-corrected chi connectivity index (χ1v) is 7.64. The van der Waals surface area contributed by atoms with Crippen molar-refractivity contribution in [2.24, 2.45) is 11.8 Å². The standard InChI is InChI=1S/C15H25N3O2/c1-19-12-14-9-17(8-13-2-6-20-7-3-13)11-15-16-4-5-18(15)10-14/h4-5,13-14H,2-3,6-12H2,1H3. The Morgan fingerprint density at radius 1 is 1.30 bits per heavy atom. The molecule has 1 atom stereocenters. The van der Waals surface area contributed by atoms with E-state index in [0.717, 1.165) is 51.9 Å². The first kappa shape index (κ1) is 14.0. The number of hydrogen-bond donors (Lipinski definition) is 0. The summed E-state index contributed by atoms with van der Waals surface area (Å²) in [6.07, 6.45) is 6.40. The van der Waals surface area contributed by atoms with Crippen LogP contribution < -0.4 is 0 Å². The topological polar surface area (TPSA) is 39.5 Å². The number of aromatic nitrogens is 2. The third-order valence-corrected chi connectivity index (χ3v) is 4.40. The molecule has 0 radical (unpaired) electrons. The predicted molar refractivity (Wildman–Crippen MR) is 76.4 cm³/mol. The smallest absolute Gasteiger partial charge is 0.122 e. The quantitative estimate of drug-likeness (QED) is 0.835. The third-order valence-electron chi connectivity index (χ3n) is 4.40. The highest BCUT2D eigenvalue weighted by molar-refractivity contribution is 4.96. The Labute approximate surface area is 120 Å². The van der Waals surface area contributed by atoms with E-state index in [-0.39, 0.29) is 0 Å². The van der Waals surface area contributed by atoms with Crippen molar-refractivity contribution in [1.29, 1.82) is 0 Å². The Bertz CT molecular complexity index is 415. The molecule has 1 fully saturated rings. The summed E-state index contributed by atoms with van der Waals surface area (Å²) >= 11 is 0. The molecule has 5 heteroatoms. The van der Waals surface area contributed by atoms with Crippen molar-refractivity contribution in [3.8, 4) is 0 Å². The van der Waals surface area contributed by atoms with E-state index in [1.54, 1.807) is 7.11 Å². The summed E-state index contributed by atoms with van der Waals surface area (Å²) in [6.45, 7) is 6.92. The lowest BCUT2D eigenvalue weighted by molar-refractivity contribution is 0.0455. The second-order valence-electron chi connectivity index (χ2n) is 6.07. The van der Waals surface area contributed by atoms with Crippen LogP contribution in [0.3, 0.4) is 0 Å². The molecule has 0 aliphatic carbocycles. The average molecular weight is 279 g/mol. The molecule has 0 spiro atoms. The Morgan fingerprint density at radius 3 is 2.95 bits per heavy atom. The summed E-state index contributed by atoms with van der Waals surface area (Å²) in [6, 6.07) is 0. The molecule has 112 valence electrons. The largest absolute Gasteiger partial charge is 0.384 e. The summed E-state index contributed by atoms with van der Waals surface area (Å²) in [7, 11) is 1.79. The van der Waals surface area contributed by atoms with Crippen LogP contribution in [0.4, 0.5) is 0 Å². The van der Waals surface area contributed by atoms with Crippen LogP contribution in [-0.4, -0.2) is 54.5 Å². The summed E-state index contributed by atoms with van der Waals surface area (Å²) in [5, 5.41) is 0. The van der Waals surface area contributed by atoms with Crippen LogP contribution in [-0.2, 0) is 22.6 Å². The zero-order chi connectivity index (χ0) is 13.8. The van der Waals surface area contributed by atoms with E-state index in [9.17, 15) is 0 Å². The van der Waals surface area contributed by atoms with E-state index >= 15 is 0 Å². The summed E-state index contributed by atoms with van der Waals surface area (Å²) in [4.78, 5) is 7.07. The van der Waals surface area contributed by atoms with Crippen LogP contribution in [0.15, 0.2) is 12.4 Å². The van der Waals surface area contributed by atoms with Gasteiger partial charge in [-0.3, -0.25) is 4.90 Å². The molecule has 2 aliphatic rings. The minimum absolute atomic E-state index is 0.551. The van der Waals surface area contributed by atoms with Crippen molar-refractivity contribution in [3.63, 3.8) is 0 Å². The van der Waals surface area contributed by atoms with E-state index in [0.29, 0.717) is 5.92 Å². The molecular weight excluding hydrogens is 254 g/mol. The maximum Gasteiger partial charge on any atom is 0.122 e. The molecule has 1 aromatic rings.